The van der Waals surface area contributed by atoms with Gasteiger partial charge in [0.05, 0.1) is 5.56 Å². The normalized spacial score (nSPS) is 10.0. The number of nitrogen functional groups attached to an aromatic ring is 1. The molecule has 0 saturated heterocycles. The van der Waals surface area contributed by atoms with Crippen molar-refractivity contribution in [3.63, 3.8) is 0 Å². The second-order valence-electron chi connectivity index (χ2n) is 3.01. The molecule has 0 radical (unpaired) electrons. The summed E-state index contributed by atoms with van der Waals surface area (Å²) in [5, 5.41) is 10.1. The van der Waals surface area contributed by atoms with E-state index in [1.54, 1.807) is 24.3 Å². The molecule has 0 aromatic heterocycles. The molecular formula is C11H7FN2. The average Bonchev–Trinajstić information content (AvgIpc) is 2.18. The van der Waals surface area contributed by atoms with Crippen molar-refractivity contribution in [2.45, 2.75) is 0 Å². The van der Waals surface area contributed by atoms with Crippen molar-refractivity contribution in [1.29, 1.82) is 5.26 Å². The van der Waals surface area contributed by atoms with Gasteiger partial charge < -0.3 is 5.73 Å². The van der Waals surface area contributed by atoms with E-state index in [2.05, 4.69) is 0 Å². The summed E-state index contributed by atoms with van der Waals surface area (Å²) in [6, 6.07) is 9.77. The maximum Gasteiger partial charge on any atom is 0.141 e. The zero-order valence-corrected chi connectivity index (χ0v) is 7.29. The monoisotopic (exact) mass is 186 g/mol. The predicted molar refractivity (Wildman–Crippen MR) is 53.0 cm³/mol. The molecule has 0 aliphatic heterocycles. The first kappa shape index (κ1) is 8.52. The Kier molecular flexibility index (Phi) is 1.83. The van der Waals surface area contributed by atoms with Gasteiger partial charge in [0.2, 0.25) is 0 Å². The lowest BCUT2D eigenvalue weighted by molar-refractivity contribution is 0.626. The third-order valence-electron chi connectivity index (χ3n) is 2.10. The van der Waals surface area contributed by atoms with Crippen LogP contribution in [0.25, 0.3) is 10.8 Å². The lowest BCUT2D eigenvalue weighted by atomic mass is 10.0. The highest BCUT2D eigenvalue weighted by Crippen LogP contribution is 2.22. The molecule has 0 bridgehead atoms. The Labute approximate surface area is 80.4 Å². The number of rotatable bonds is 0. The molecule has 0 fully saturated rings. The van der Waals surface area contributed by atoms with E-state index in [9.17, 15) is 4.39 Å². The third-order valence-corrected chi connectivity index (χ3v) is 2.10. The van der Waals surface area contributed by atoms with Crippen molar-refractivity contribution in [2.75, 3.05) is 5.73 Å². The summed E-state index contributed by atoms with van der Waals surface area (Å²) in [6.45, 7) is 0. The van der Waals surface area contributed by atoms with Crippen molar-refractivity contribution in [3.05, 3.63) is 41.7 Å². The van der Waals surface area contributed by atoms with Crippen molar-refractivity contribution in [1.82, 2.24) is 0 Å². The number of fused-ring (bicyclic) bond motifs is 1. The second kappa shape index (κ2) is 3.00. The van der Waals surface area contributed by atoms with Gasteiger partial charge in [-0.3, -0.25) is 0 Å². The molecule has 2 aromatic rings. The first-order valence-corrected chi connectivity index (χ1v) is 4.10. The maximum atomic E-state index is 13.2. The van der Waals surface area contributed by atoms with Crippen molar-refractivity contribution in [2.24, 2.45) is 0 Å². The number of anilines is 1. The van der Waals surface area contributed by atoms with Gasteiger partial charge in [0.25, 0.3) is 0 Å². The van der Waals surface area contributed by atoms with Crippen LogP contribution in [0.4, 0.5) is 10.1 Å². The van der Waals surface area contributed by atoms with Crippen LogP contribution in [0, 0.1) is 17.1 Å². The Morgan fingerprint density at radius 1 is 1.21 bits per heavy atom. The first-order valence-electron chi connectivity index (χ1n) is 4.10. The molecule has 0 aliphatic rings. The fourth-order valence-corrected chi connectivity index (χ4v) is 1.44. The molecule has 0 saturated carbocycles. The molecule has 2 nitrogen and oxygen atoms in total. The van der Waals surface area contributed by atoms with Crippen molar-refractivity contribution in [3.8, 4) is 6.07 Å². The van der Waals surface area contributed by atoms with E-state index >= 15 is 0 Å². The molecule has 0 spiro atoms. The lowest BCUT2D eigenvalue weighted by Crippen LogP contribution is -1.88. The highest BCUT2D eigenvalue weighted by molar-refractivity contribution is 5.90. The van der Waals surface area contributed by atoms with Crippen LogP contribution in [-0.4, -0.2) is 0 Å². The van der Waals surface area contributed by atoms with Gasteiger partial charge in [-0.2, -0.15) is 5.26 Å². The standard InChI is InChI=1S/C11H7FN2/c12-11-4-1-7-5-8(14)2-3-9(7)10(11)6-13/h1-5H,14H2. The van der Waals surface area contributed by atoms with Crippen LogP contribution in [0.15, 0.2) is 30.3 Å². The highest BCUT2D eigenvalue weighted by atomic mass is 19.1. The second-order valence-corrected chi connectivity index (χ2v) is 3.01. The number of nitrogens with two attached hydrogens (primary N) is 1. The molecular weight excluding hydrogens is 179 g/mol. The van der Waals surface area contributed by atoms with Crippen LogP contribution in [0.5, 0.6) is 0 Å². The number of benzene rings is 2. The van der Waals surface area contributed by atoms with Crippen LogP contribution in [0.2, 0.25) is 0 Å². The fraction of sp³-hybridized carbons (Fsp3) is 0. The van der Waals surface area contributed by atoms with Crippen LogP contribution >= 0.6 is 0 Å². The van der Waals surface area contributed by atoms with Gasteiger partial charge in [0.1, 0.15) is 11.9 Å². The van der Waals surface area contributed by atoms with E-state index in [0.29, 0.717) is 11.1 Å². The predicted octanol–water partition coefficient (Wildman–Crippen LogP) is 2.43. The first-order chi connectivity index (χ1) is 6.72. The number of hydrogen-bond donors (Lipinski definition) is 1. The van der Waals surface area contributed by atoms with Gasteiger partial charge in [-0.25, -0.2) is 4.39 Å². The summed E-state index contributed by atoms with van der Waals surface area (Å²) >= 11 is 0. The number of nitrogens with zero attached hydrogens (tertiary/aromatic N) is 1. The minimum absolute atomic E-state index is 0.0718. The van der Waals surface area contributed by atoms with Gasteiger partial charge in [0, 0.05) is 11.1 Å². The molecule has 0 heterocycles. The molecule has 0 unspecified atom stereocenters. The van der Waals surface area contributed by atoms with Gasteiger partial charge in [-0.1, -0.05) is 12.1 Å². The van der Waals surface area contributed by atoms with E-state index < -0.39 is 5.82 Å². The summed E-state index contributed by atoms with van der Waals surface area (Å²) in [5.74, 6) is -0.496. The summed E-state index contributed by atoms with van der Waals surface area (Å²) in [7, 11) is 0. The lowest BCUT2D eigenvalue weighted by Gasteiger charge is -2.01. The minimum Gasteiger partial charge on any atom is -0.399 e. The van der Waals surface area contributed by atoms with Crippen molar-refractivity contribution >= 4 is 16.5 Å². The highest BCUT2D eigenvalue weighted by Gasteiger charge is 2.06. The smallest absolute Gasteiger partial charge is 0.141 e. The largest absolute Gasteiger partial charge is 0.399 e. The summed E-state index contributed by atoms with van der Waals surface area (Å²) < 4.78 is 13.2. The topological polar surface area (TPSA) is 49.8 Å². The molecule has 2 N–H and O–H groups in total. The molecule has 2 aromatic carbocycles. The Morgan fingerprint density at radius 2 is 2.00 bits per heavy atom. The zero-order valence-electron chi connectivity index (χ0n) is 7.29. The average molecular weight is 186 g/mol. The fourth-order valence-electron chi connectivity index (χ4n) is 1.44. The molecule has 68 valence electrons. The van der Waals surface area contributed by atoms with Gasteiger partial charge >= 0.3 is 0 Å². The quantitative estimate of drug-likeness (QED) is 0.642. The third kappa shape index (κ3) is 1.17. The van der Waals surface area contributed by atoms with Crippen LogP contribution in [-0.2, 0) is 0 Å². The number of halogens is 1. The minimum atomic E-state index is -0.496. The van der Waals surface area contributed by atoms with E-state index in [1.165, 1.54) is 6.07 Å². The zero-order chi connectivity index (χ0) is 10.1. The molecule has 0 atom stereocenters. The molecule has 0 amide bonds. The van der Waals surface area contributed by atoms with Crippen LogP contribution < -0.4 is 5.73 Å². The number of nitriles is 1. The SMILES string of the molecule is N#Cc1c(F)ccc2cc(N)ccc12. The van der Waals surface area contributed by atoms with Gasteiger partial charge in [-0.15, -0.1) is 0 Å². The Hall–Kier alpha value is -2.08. The van der Waals surface area contributed by atoms with Gasteiger partial charge in [0.15, 0.2) is 0 Å². The van der Waals surface area contributed by atoms with Crippen LogP contribution in [0.1, 0.15) is 5.56 Å². The molecule has 14 heavy (non-hydrogen) atoms. The van der Waals surface area contributed by atoms with E-state index in [-0.39, 0.29) is 5.56 Å². The van der Waals surface area contributed by atoms with E-state index in [1.807, 2.05) is 6.07 Å². The molecule has 0 aliphatic carbocycles. The Balaban J connectivity index is 2.90. The summed E-state index contributed by atoms with van der Waals surface area (Å²) in [4.78, 5) is 0. The Bertz CT molecular complexity index is 541. The molecule has 3 heteroatoms. The summed E-state index contributed by atoms with van der Waals surface area (Å²) in [5.41, 5.74) is 6.25. The van der Waals surface area contributed by atoms with Crippen molar-refractivity contribution < 1.29 is 4.39 Å². The summed E-state index contributed by atoms with van der Waals surface area (Å²) in [6.07, 6.45) is 0. The number of hydrogen-bond acceptors (Lipinski definition) is 2. The van der Waals surface area contributed by atoms with Gasteiger partial charge in [-0.05, 0) is 23.6 Å². The Morgan fingerprint density at radius 3 is 2.71 bits per heavy atom. The maximum absolute atomic E-state index is 13.2. The van der Waals surface area contributed by atoms with E-state index in [0.717, 1.165) is 5.39 Å². The van der Waals surface area contributed by atoms with Crippen LogP contribution in [0.3, 0.4) is 0 Å². The molecule has 2 rings (SSSR count). The van der Waals surface area contributed by atoms with E-state index in [4.69, 9.17) is 11.0 Å².